The molecule has 0 spiro atoms. The van der Waals surface area contributed by atoms with Crippen LogP contribution < -0.4 is 9.46 Å². The molecule has 0 saturated heterocycles. The lowest BCUT2D eigenvalue weighted by atomic mass is 10.2. The molecular weight excluding hydrogens is 396 g/mol. The molecule has 8 nitrogen and oxygen atoms in total. The smallest absolute Gasteiger partial charge is 0.340 e. The van der Waals surface area contributed by atoms with E-state index in [-0.39, 0.29) is 35.3 Å². The number of para-hydroxylation sites is 1. The topological polar surface area (TPSA) is 102 Å². The summed E-state index contributed by atoms with van der Waals surface area (Å²) in [5.74, 6) is -0.416. The summed E-state index contributed by atoms with van der Waals surface area (Å²) in [6.07, 6.45) is 0. The Balaban J connectivity index is 2.23. The Bertz CT molecular complexity index is 1000. The number of carbonyl (C=O) groups is 2. The highest BCUT2D eigenvalue weighted by Crippen LogP contribution is 2.25. The molecule has 0 heterocycles. The monoisotopic (exact) mass is 420 g/mol. The van der Waals surface area contributed by atoms with Crippen LogP contribution in [-0.4, -0.2) is 52.5 Å². The molecule has 0 aliphatic carbocycles. The maximum absolute atomic E-state index is 12.8. The molecule has 0 fully saturated rings. The number of benzene rings is 2. The molecule has 9 heteroatoms. The van der Waals surface area contributed by atoms with E-state index in [0.29, 0.717) is 11.3 Å². The van der Waals surface area contributed by atoms with E-state index in [1.165, 1.54) is 35.2 Å². The second-order valence-electron chi connectivity index (χ2n) is 6.38. The highest BCUT2D eigenvalue weighted by Gasteiger charge is 2.20. The second kappa shape index (κ2) is 9.42. The molecule has 0 aliphatic heterocycles. The largest absolute Gasteiger partial charge is 0.483 e. The van der Waals surface area contributed by atoms with Crippen LogP contribution in [-0.2, 0) is 19.6 Å². The molecule has 0 radical (unpaired) electrons. The van der Waals surface area contributed by atoms with Crippen molar-refractivity contribution >= 4 is 27.6 Å². The molecule has 0 aliphatic rings. The predicted molar refractivity (Wildman–Crippen MR) is 109 cm³/mol. The lowest BCUT2D eigenvalue weighted by Gasteiger charge is -2.15. The summed E-state index contributed by atoms with van der Waals surface area (Å²) in [5.41, 5.74) is 0.801. The van der Waals surface area contributed by atoms with Crippen LogP contribution in [0.1, 0.15) is 22.8 Å². The second-order valence-corrected chi connectivity index (χ2v) is 8.06. The molecule has 156 valence electrons. The van der Waals surface area contributed by atoms with Gasteiger partial charge in [0.15, 0.2) is 6.61 Å². The van der Waals surface area contributed by atoms with Crippen molar-refractivity contribution in [3.05, 3.63) is 53.6 Å². The number of nitrogens with one attached hydrogen (secondary N) is 1. The first-order chi connectivity index (χ1) is 13.7. The van der Waals surface area contributed by atoms with E-state index < -0.39 is 16.0 Å². The minimum Gasteiger partial charge on any atom is -0.483 e. The number of hydrogen-bond acceptors (Lipinski definition) is 6. The first-order valence-electron chi connectivity index (χ1n) is 8.88. The molecule has 0 bridgehead atoms. The van der Waals surface area contributed by atoms with Crippen LogP contribution in [0.3, 0.4) is 0 Å². The maximum Gasteiger partial charge on any atom is 0.340 e. The van der Waals surface area contributed by atoms with Crippen LogP contribution in [0.5, 0.6) is 5.75 Å². The number of nitrogens with zero attached hydrogens (tertiary/aromatic N) is 1. The zero-order valence-electron chi connectivity index (χ0n) is 16.8. The number of amides is 1. The summed E-state index contributed by atoms with van der Waals surface area (Å²) in [6, 6.07) is 10.5. The third kappa shape index (κ3) is 5.71. The zero-order valence-corrected chi connectivity index (χ0v) is 17.6. The molecule has 0 aromatic heterocycles. The number of hydrogen-bond donors (Lipinski definition) is 1. The molecule has 2 rings (SSSR count). The van der Waals surface area contributed by atoms with Gasteiger partial charge in [-0.05, 0) is 49.7 Å². The molecule has 29 heavy (non-hydrogen) atoms. The lowest BCUT2D eigenvalue weighted by Crippen LogP contribution is -2.27. The van der Waals surface area contributed by atoms with Crippen molar-refractivity contribution in [3.8, 4) is 5.75 Å². The van der Waals surface area contributed by atoms with Crippen molar-refractivity contribution < 1.29 is 27.5 Å². The van der Waals surface area contributed by atoms with Crippen LogP contribution >= 0.6 is 0 Å². The van der Waals surface area contributed by atoms with Crippen molar-refractivity contribution in [2.75, 3.05) is 32.0 Å². The minimum absolute atomic E-state index is 0.0000481. The summed E-state index contributed by atoms with van der Waals surface area (Å²) >= 11 is 0. The summed E-state index contributed by atoms with van der Waals surface area (Å²) < 4.78 is 38.4. The van der Waals surface area contributed by atoms with E-state index >= 15 is 0 Å². The van der Waals surface area contributed by atoms with Gasteiger partial charge in [-0.15, -0.1) is 0 Å². The molecule has 0 atom stereocenters. The normalized spacial score (nSPS) is 10.9. The van der Waals surface area contributed by atoms with Gasteiger partial charge in [0.1, 0.15) is 5.75 Å². The van der Waals surface area contributed by atoms with E-state index in [9.17, 15) is 18.0 Å². The predicted octanol–water partition coefficient (Wildman–Crippen LogP) is 2.44. The SMILES string of the molecule is CCOC(=O)c1ccccc1NS(=O)(=O)c1ccc(OCC(=O)N(C)C)c(C)c1. The number of sulfonamides is 1. The Kier molecular flexibility index (Phi) is 7.22. The fourth-order valence-electron chi connectivity index (χ4n) is 2.38. The Morgan fingerprint density at radius 3 is 2.41 bits per heavy atom. The quantitative estimate of drug-likeness (QED) is 0.658. The lowest BCUT2D eigenvalue weighted by molar-refractivity contribution is -0.130. The van der Waals surface area contributed by atoms with Gasteiger partial charge in [-0.2, -0.15) is 0 Å². The van der Waals surface area contributed by atoms with Crippen LogP contribution in [0.4, 0.5) is 5.69 Å². The number of anilines is 1. The van der Waals surface area contributed by atoms with Crippen molar-refractivity contribution in [1.82, 2.24) is 4.90 Å². The average molecular weight is 420 g/mol. The van der Waals surface area contributed by atoms with Crippen molar-refractivity contribution in [2.24, 2.45) is 0 Å². The number of likely N-dealkylation sites (N-methyl/N-ethyl adjacent to an activating group) is 1. The van der Waals surface area contributed by atoms with Crippen molar-refractivity contribution in [2.45, 2.75) is 18.7 Å². The molecule has 1 amide bonds. The first kappa shape index (κ1) is 22.2. The van der Waals surface area contributed by atoms with Crippen LogP contribution in [0.25, 0.3) is 0 Å². The third-order valence-electron chi connectivity index (χ3n) is 3.97. The van der Waals surface area contributed by atoms with Crippen molar-refractivity contribution in [3.63, 3.8) is 0 Å². The van der Waals surface area contributed by atoms with E-state index in [2.05, 4.69) is 4.72 Å². The van der Waals surface area contributed by atoms with Crippen LogP contribution in [0.2, 0.25) is 0 Å². The first-order valence-corrected chi connectivity index (χ1v) is 10.4. The van der Waals surface area contributed by atoms with Gasteiger partial charge in [0.05, 0.1) is 22.8 Å². The number of rotatable bonds is 8. The highest BCUT2D eigenvalue weighted by molar-refractivity contribution is 7.92. The molecule has 2 aromatic carbocycles. The van der Waals surface area contributed by atoms with Gasteiger partial charge < -0.3 is 14.4 Å². The highest BCUT2D eigenvalue weighted by atomic mass is 32.2. The van der Waals surface area contributed by atoms with Gasteiger partial charge in [0.25, 0.3) is 15.9 Å². The van der Waals surface area contributed by atoms with Gasteiger partial charge in [-0.3, -0.25) is 9.52 Å². The molecule has 0 unspecified atom stereocenters. The average Bonchev–Trinajstić information content (AvgIpc) is 2.66. The fourth-order valence-corrected chi connectivity index (χ4v) is 3.55. The summed E-state index contributed by atoms with van der Waals surface area (Å²) in [4.78, 5) is 25.1. The van der Waals surface area contributed by atoms with E-state index in [0.717, 1.165) is 0 Å². The third-order valence-corrected chi connectivity index (χ3v) is 5.34. The van der Waals surface area contributed by atoms with E-state index in [4.69, 9.17) is 9.47 Å². The molecular formula is C20H24N2O6S. The summed E-state index contributed by atoms with van der Waals surface area (Å²) in [5, 5.41) is 0. The van der Waals surface area contributed by atoms with Gasteiger partial charge >= 0.3 is 5.97 Å². The number of esters is 1. The zero-order chi connectivity index (χ0) is 21.6. The Morgan fingerprint density at radius 2 is 1.79 bits per heavy atom. The summed E-state index contributed by atoms with van der Waals surface area (Å²) in [6.45, 7) is 3.38. The fraction of sp³-hybridized carbons (Fsp3) is 0.300. The Labute approximate surface area is 170 Å². The van der Waals surface area contributed by atoms with Crippen LogP contribution in [0, 0.1) is 6.92 Å². The van der Waals surface area contributed by atoms with Gasteiger partial charge in [-0.25, -0.2) is 13.2 Å². The standard InChI is InChI=1S/C20H24N2O6S/c1-5-27-20(24)16-8-6-7-9-17(16)21-29(25,26)15-10-11-18(14(2)12-15)28-13-19(23)22(3)4/h6-12,21H,5,13H2,1-4H3. The van der Waals surface area contributed by atoms with Gasteiger partial charge in [0.2, 0.25) is 0 Å². The van der Waals surface area contributed by atoms with Gasteiger partial charge in [0, 0.05) is 14.1 Å². The maximum atomic E-state index is 12.8. The number of aryl methyl sites for hydroxylation is 1. The van der Waals surface area contributed by atoms with Crippen molar-refractivity contribution in [1.29, 1.82) is 0 Å². The van der Waals surface area contributed by atoms with Crippen LogP contribution in [0.15, 0.2) is 47.4 Å². The summed E-state index contributed by atoms with van der Waals surface area (Å²) in [7, 11) is -0.719. The molecule has 1 N–H and O–H groups in total. The Hall–Kier alpha value is -3.07. The Morgan fingerprint density at radius 1 is 1.10 bits per heavy atom. The molecule has 2 aromatic rings. The molecule has 0 saturated carbocycles. The van der Waals surface area contributed by atoms with E-state index in [1.807, 2.05) is 0 Å². The number of carbonyl (C=O) groups excluding carboxylic acids is 2. The van der Waals surface area contributed by atoms with Gasteiger partial charge in [-0.1, -0.05) is 12.1 Å². The van der Waals surface area contributed by atoms with E-state index in [1.54, 1.807) is 40.1 Å². The minimum atomic E-state index is -3.96. The number of ether oxygens (including phenoxy) is 2.